The molecule has 1 aromatic rings. The first-order valence-electron chi connectivity index (χ1n) is 6.05. The number of aliphatic carboxylic acids is 1. The fourth-order valence-corrected chi connectivity index (χ4v) is 2.27. The van der Waals surface area contributed by atoms with Crippen LogP contribution < -0.4 is 5.32 Å². The molecule has 4 nitrogen and oxygen atoms in total. The smallest absolute Gasteiger partial charge is 0.317 e. The number of hydrogen-bond acceptors (Lipinski definition) is 3. The van der Waals surface area contributed by atoms with Crippen LogP contribution in [0.15, 0.2) is 24.3 Å². The number of nitrogens with zero attached hydrogens (tertiary/aromatic N) is 1. The number of carbonyl (C=O) groups is 1. The first-order chi connectivity index (χ1) is 8.63. The van der Waals surface area contributed by atoms with Crippen molar-refractivity contribution in [3.63, 3.8) is 0 Å². The van der Waals surface area contributed by atoms with E-state index in [1.165, 1.54) is 12.1 Å². The van der Waals surface area contributed by atoms with Gasteiger partial charge in [0.1, 0.15) is 5.82 Å². The van der Waals surface area contributed by atoms with E-state index in [2.05, 4.69) is 10.2 Å². The number of nitrogens with one attached hydrogen (secondary N) is 1. The molecule has 18 heavy (non-hydrogen) atoms. The first kappa shape index (κ1) is 13.0. The summed E-state index contributed by atoms with van der Waals surface area (Å²) in [5.74, 6) is -1.05. The highest BCUT2D eigenvalue weighted by Gasteiger charge is 2.22. The molecule has 0 radical (unpaired) electrons. The van der Waals surface area contributed by atoms with Crippen LogP contribution in [-0.2, 0) is 11.3 Å². The average molecular weight is 252 g/mol. The predicted octanol–water partition coefficient (Wildman–Crippen LogP) is 1.07. The predicted molar refractivity (Wildman–Crippen MR) is 65.7 cm³/mol. The van der Waals surface area contributed by atoms with E-state index in [1.54, 1.807) is 6.07 Å². The minimum atomic E-state index is -0.835. The average Bonchev–Trinajstić information content (AvgIpc) is 2.74. The summed E-state index contributed by atoms with van der Waals surface area (Å²) in [5.41, 5.74) is 0.953. The third-order valence-electron chi connectivity index (χ3n) is 3.11. The van der Waals surface area contributed by atoms with Gasteiger partial charge in [0.05, 0.1) is 6.54 Å². The van der Waals surface area contributed by atoms with Gasteiger partial charge in [-0.1, -0.05) is 12.1 Å². The number of benzene rings is 1. The number of carboxylic acid groups (broad SMARTS) is 1. The van der Waals surface area contributed by atoms with E-state index < -0.39 is 5.97 Å². The Morgan fingerprint density at radius 1 is 1.56 bits per heavy atom. The molecule has 0 amide bonds. The zero-order chi connectivity index (χ0) is 13.0. The Balaban J connectivity index is 1.80. The molecule has 0 spiro atoms. The van der Waals surface area contributed by atoms with E-state index in [9.17, 15) is 9.18 Å². The lowest BCUT2D eigenvalue weighted by atomic mass is 10.2. The molecule has 0 aliphatic carbocycles. The molecule has 5 heteroatoms. The molecule has 1 unspecified atom stereocenters. The molecule has 0 aromatic heterocycles. The van der Waals surface area contributed by atoms with E-state index in [0.29, 0.717) is 6.54 Å². The van der Waals surface area contributed by atoms with E-state index in [0.717, 1.165) is 25.1 Å². The highest BCUT2D eigenvalue weighted by molar-refractivity contribution is 5.69. The van der Waals surface area contributed by atoms with Crippen molar-refractivity contribution in [2.45, 2.75) is 19.0 Å². The van der Waals surface area contributed by atoms with Crippen LogP contribution in [0.5, 0.6) is 0 Å². The van der Waals surface area contributed by atoms with Gasteiger partial charge in [0.25, 0.3) is 0 Å². The Labute approximate surface area is 105 Å². The van der Waals surface area contributed by atoms with Gasteiger partial charge in [-0.15, -0.1) is 0 Å². The van der Waals surface area contributed by atoms with Crippen LogP contribution >= 0.6 is 0 Å². The third kappa shape index (κ3) is 3.78. The SMILES string of the molecule is O=C(O)CNC1CCN(Cc2cccc(F)c2)C1. The molecule has 1 heterocycles. The number of carboxylic acids is 1. The van der Waals surface area contributed by atoms with Crippen molar-refractivity contribution in [3.05, 3.63) is 35.6 Å². The van der Waals surface area contributed by atoms with Crippen molar-refractivity contribution < 1.29 is 14.3 Å². The van der Waals surface area contributed by atoms with Gasteiger partial charge < -0.3 is 10.4 Å². The maximum atomic E-state index is 13.0. The molecule has 1 aliphatic heterocycles. The molecule has 1 atom stereocenters. The van der Waals surface area contributed by atoms with Gasteiger partial charge in [0.15, 0.2) is 0 Å². The van der Waals surface area contributed by atoms with Gasteiger partial charge in [-0.25, -0.2) is 4.39 Å². The first-order valence-corrected chi connectivity index (χ1v) is 6.05. The highest BCUT2D eigenvalue weighted by Crippen LogP contribution is 2.14. The monoisotopic (exact) mass is 252 g/mol. The number of likely N-dealkylation sites (tertiary alicyclic amines) is 1. The van der Waals surface area contributed by atoms with Gasteiger partial charge in [0, 0.05) is 25.7 Å². The Bertz CT molecular complexity index is 425. The standard InChI is InChI=1S/C13H17FN2O2/c14-11-3-1-2-10(6-11)8-16-5-4-12(9-16)15-7-13(17)18/h1-3,6,12,15H,4-5,7-9H2,(H,17,18). The quantitative estimate of drug-likeness (QED) is 0.823. The van der Waals surface area contributed by atoms with Gasteiger partial charge in [-0.2, -0.15) is 0 Å². The third-order valence-corrected chi connectivity index (χ3v) is 3.11. The minimum absolute atomic E-state index is 0.00152. The summed E-state index contributed by atoms with van der Waals surface area (Å²) in [5, 5.41) is 11.6. The topological polar surface area (TPSA) is 52.6 Å². The summed E-state index contributed by atoms with van der Waals surface area (Å²) in [7, 11) is 0. The number of rotatable bonds is 5. The van der Waals surface area contributed by atoms with Crippen LogP contribution in [0.1, 0.15) is 12.0 Å². The normalized spacial score (nSPS) is 20.2. The molecule has 1 saturated heterocycles. The van der Waals surface area contributed by atoms with Crippen LogP contribution in [0.25, 0.3) is 0 Å². The summed E-state index contributed by atoms with van der Waals surface area (Å²) >= 11 is 0. The van der Waals surface area contributed by atoms with Crippen molar-refractivity contribution in [1.82, 2.24) is 10.2 Å². The lowest BCUT2D eigenvalue weighted by molar-refractivity contribution is -0.136. The highest BCUT2D eigenvalue weighted by atomic mass is 19.1. The molecule has 2 rings (SSSR count). The van der Waals surface area contributed by atoms with Gasteiger partial charge in [-0.05, 0) is 24.1 Å². The molecule has 1 aliphatic rings. The Hall–Kier alpha value is -1.46. The zero-order valence-electron chi connectivity index (χ0n) is 10.1. The maximum Gasteiger partial charge on any atom is 0.317 e. The van der Waals surface area contributed by atoms with Crippen molar-refractivity contribution in [2.75, 3.05) is 19.6 Å². The summed E-state index contributed by atoms with van der Waals surface area (Å²) in [6, 6.07) is 6.81. The largest absolute Gasteiger partial charge is 0.480 e. The molecule has 98 valence electrons. The van der Waals surface area contributed by atoms with Crippen molar-refractivity contribution >= 4 is 5.97 Å². The molecule has 1 aromatic carbocycles. The fraction of sp³-hybridized carbons (Fsp3) is 0.462. The summed E-state index contributed by atoms with van der Waals surface area (Å²) in [6.07, 6.45) is 0.933. The Morgan fingerprint density at radius 3 is 3.11 bits per heavy atom. The van der Waals surface area contributed by atoms with E-state index >= 15 is 0 Å². The van der Waals surface area contributed by atoms with Crippen LogP contribution in [0, 0.1) is 5.82 Å². The Kier molecular flexibility index (Phi) is 4.28. The van der Waals surface area contributed by atoms with Crippen LogP contribution in [0.2, 0.25) is 0 Å². The molecule has 1 fully saturated rings. The second-order valence-corrected chi connectivity index (χ2v) is 4.63. The summed E-state index contributed by atoms with van der Waals surface area (Å²) in [6.45, 7) is 2.43. The minimum Gasteiger partial charge on any atom is -0.480 e. The fourth-order valence-electron chi connectivity index (χ4n) is 2.27. The van der Waals surface area contributed by atoms with Gasteiger partial charge in [0.2, 0.25) is 0 Å². The van der Waals surface area contributed by atoms with Crippen molar-refractivity contribution in [3.8, 4) is 0 Å². The number of hydrogen-bond donors (Lipinski definition) is 2. The second-order valence-electron chi connectivity index (χ2n) is 4.63. The molecule has 0 bridgehead atoms. The molecular formula is C13H17FN2O2. The van der Waals surface area contributed by atoms with Gasteiger partial charge in [-0.3, -0.25) is 9.69 Å². The lowest BCUT2D eigenvalue weighted by Gasteiger charge is -2.16. The number of halogens is 1. The molecule has 2 N–H and O–H groups in total. The lowest BCUT2D eigenvalue weighted by Crippen LogP contribution is -2.35. The van der Waals surface area contributed by atoms with E-state index in [-0.39, 0.29) is 18.4 Å². The Morgan fingerprint density at radius 2 is 2.39 bits per heavy atom. The van der Waals surface area contributed by atoms with Crippen LogP contribution in [0.3, 0.4) is 0 Å². The van der Waals surface area contributed by atoms with Crippen molar-refractivity contribution in [2.24, 2.45) is 0 Å². The maximum absolute atomic E-state index is 13.0. The van der Waals surface area contributed by atoms with Crippen LogP contribution in [0.4, 0.5) is 4.39 Å². The molecule has 0 saturated carbocycles. The summed E-state index contributed by atoms with van der Waals surface area (Å²) in [4.78, 5) is 12.7. The summed E-state index contributed by atoms with van der Waals surface area (Å²) < 4.78 is 13.0. The van der Waals surface area contributed by atoms with E-state index in [1.807, 2.05) is 6.07 Å². The van der Waals surface area contributed by atoms with Crippen LogP contribution in [-0.4, -0.2) is 41.7 Å². The molecular weight excluding hydrogens is 235 g/mol. The van der Waals surface area contributed by atoms with Gasteiger partial charge >= 0.3 is 5.97 Å². The van der Waals surface area contributed by atoms with E-state index in [4.69, 9.17) is 5.11 Å². The second kappa shape index (κ2) is 5.93. The zero-order valence-corrected chi connectivity index (χ0v) is 10.1. The van der Waals surface area contributed by atoms with Crippen molar-refractivity contribution in [1.29, 1.82) is 0 Å².